The standard InChI is InChI=1S/C12H18N4O3/c1-7-13-10(15-14-7)6-16(2)11(17)8-4-3-5-9(8)12(18)19/h8-9H,3-6H2,1-2H3,(H,18,19)(H,13,14,15). The van der Waals surface area contributed by atoms with Crippen molar-refractivity contribution in [2.24, 2.45) is 11.8 Å². The SMILES string of the molecule is Cc1nc(CN(C)C(=O)C2CCCC2C(=O)O)n[nH]1. The molecule has 0 spiro atoms. The molecule has 7 nitrogen and oxygen atoms in total. The Morgan fingerprint density at radius 2 is 2.11 bits per heavy atom. The van der Waals surface area contributed by atoms with Crippen molar-refractivity contribution >= 4 is 11.9 Å². The van der Waals surface area contributed by atoms with Crippen molar-refractivity contribution in [1.82, 2.24) is 20.1 Å². The van der Waals surface area contributed by atoms with Crippen molar-refractivity contribution in [2.45, 2.75) is 32.7 Å². The number of carbonyl (C=O) groups is 2. The van der Waals surface area contributed by atoms with Crippen molar-refractivity contribution in [1.29, 1.82) is 0 Å². The highest BCUT2D eigenvalue weighted by Gasteiger charge is 2.39. The molecule has 1 saturated carbocycles. The van der Waals surface area contributed by atoms with Gasteiger partial charge >= 0.3 is 5.97 Å². The number of hydrogen-bond acceptors (Lipinski definition) is 4. The van der Waals surface area contributed by atoms with E-state index >= 15 is 0 Å². The molecular formula is C12H18N4O3. The summed E-state index contributed by atoms with van der Waals surface area (Å²) in [6, 6.07) is 0. The van der Waals surface area contributed by atoms with E-state index in [2.05, 4.69) is 15.2 Å². The third-order valence-corrected chi connectivity index (χ3v) is 3.55. The number of aliphatic carboxylic acids is 1. The maximum absolute atomic E-state index is 12.3. The van der Waals surface area contributed by atoms with Gasteiger partial charge in [-0.1, -0.05) is 6.42 Å². The fraction of sp³-hybridized carbons (Fsp3) is 0.667. The maximum atomic E-state index is 12.3. The lowest BCUT2D eigenvalue weighted by atomic mass is 9.95. The molecule has 0 radical (unpaired) electrons. The third kappa shape index (κ3) is 2.91. The van der Waals surface area contributed by atoms with Gasteiger partial charge in [-0.25, -0.2) is 4.98 Å². The monoisotopic (exact) mass is 266 g/mol. The minimum absolute atomic E-state index is 0.132. The fourth-order valence-electron chi connectivity index (χ4n) is 2.58. The van der Waals surface area contributed by atoms with Gasteiger partial charge in [0.1, 0.15) is 5.82 Å². The molecule has 1 aromatic rings. The van der Waals surface area contributed by atoms with E-state index in [9.17, 15) is 9.59 Å². The molecule has 19 heavy (non-hydrogen) atoms. The van der Waals surface area contributed by atoms with Crippen LogP contribution in [-0.4, -0.2) is 44.1 Å². The summed E-state index contributed by atoms with van der Waals surface area (Å²) in [5, 5.41) is 15.8. The Morgan fingerprint density at radius 3 is 2.68 bits per heavy atom. The zero-order chi connectivity index (χ0) is 14.0. The Morgan fingerprint density at radius 1 is 1.42 bits per heavy atom. The molecule has 0 aromatic carbocycles. The predicted octanol–water partition coefficient (Wildman–Crippen LogP) is 0.572. The van der Waals surface area contributed by atoms with Crippen LogP contribution in [0.2, 0.25) is 0 Å². The minimum atomic E-state index is -0.877. The summed E-state index contributed by atoms with van der Waals surface area (Å²) in [4.78, 5) is 29.0. The summed E-state index contributed by atoms with van der Waals surface area (Å²) >= 11 is 0. The Labute approximate surface area is 111 Å². The number of aromatic nitrogens is 3. The Hall–Kier alpha value is -1.92. The average molecular weight is 266 g/mol. The van der Waals surface area contributed by atoms with E-state index in [4.69, 9.17) is 5.11 Å². The number of nitrogens with one attached hydrogen (secondary N) is 1. The number of amides is 1. The molecule has 7 heteroatoms. The van der Waals surface area contributed by atoms with Gasteiger partial charge in [0, 0.05) is 7.05 Å². The highest BCUT2D eigenvalue weighted by Crippen LogP contribution is 2.33. The van der Waals surface area contributed by atoms with Crippen LogP contribution in [-0.2, 0) is 16.1 Å². The predicted molar refractivity (Wildman–Crippen MR) is 66.1 cm³/mol. The van der Waals surface area contributed by atoms with Crippen molar-refractivity contribution < 1.29 is 14.7 Å². The maximum Gasteiger partial charge on any atom is 0.307 e. The molecule has 1 aromatic heterocycles. The Kier molecular flexibility index (Phi) is 3.82. The second-order valence-corrected chi connectivity index (χ2v) is 5.01. The molecule has 0 bridgehead atoms. The molecule has 104 valence electrons. The van der Waals surface area contributed by atoms with E-state index in [-0.39, 0.29) is 5.91 Å². The number of carboxylic acids is 1. The zero-order valence-electron chi connectivity index (χ0n) is 11.1. The van der Waals surface area contributed by atoms with Gasteiger partial charge in [0.25, 0.3) is 0 Å². The van der Waals surface area contributed by atoms with E-state index in [1.165, 1.54) is 4.90 Å². The van der Waals surface area contributed by atoms with Crippen molar-refractivity contribution in [3.05, 3.63) is 11.6 Å². The summed E-state index contributed by atoms with van der Waals surface area (Å²) in [7, 11) is 1.66. The van der Waals surface area contributed by atoms with E-state index in [0.717, 1.165) is 6.42 Å². The molecule has 2 atom stereocenters. The molecule has 2 rings (SSSR count). The Bertz CT molecular complexity index is 485. The van der Waals surface area contributed by atoms with Gasteiger partial charge in [-0.15, -0.1) is 0 Å². The first-order valence-electron chi connectivity index (χ1n) is 6.34. The summed E-state index contributed by atoms with van der Waals surface area (Å²) in [5.41, 5.74) is 0. The number of carboxylic acid groups (broad SMARTS) is 1. The van der Waals surface area contributed by atoms with E-state index in [0.29, 0.717) is 31.0 Å². The highest BCUT2D eigenvalue weighted by molar-refractivity contribution is 5.85. The number of nitrogens with zero attached hydrogens (tertiary/aromatic N) is 3. The number of hydrogen-bond donors (Lipinski definition) is 2. The number of aryl methyl sites for hydroxylation is 1. The third-order valence-electron chi connectivity index (χ3n) is 3.55. The highest BCUT2D eigenvalue weighted by atomic mass is 16.4. The van der Waals surface area contributed by atoms with Crippen LogP contribution in [0, 0.1) is 18.8 Å². The van der Waals surface area contributed by atoms with Crippen LogP contribution in [0.15, 0.2) is 0 Å². The van der Waals surface area contributed by atoms with Gasteiger partial charge in [-0.2, -0.15) is 5.10 Å². The molecule has 1 fully saturated rings. The van der Waals surface area contributed by atoms with Crippen molar-refractivity contribution in [3.8, 4) is 0 Å². The molecule has 0 aliphatic heterocycles. The van der Waals surface area contributed by atoms with Crippen LogP contribution in [0.25, 0.3) is 0 Å². The van der Waals surface area contributed by atoms with Gasteiger partial charge in [-0.3, -0.25) is 14.7 Å². The van der Waals surface area contributed by atoms with Crippen molar-refractivity contribution in [2.75, 3.05) is 7.05 Å². The van der Waals surface area contributed by atoms with Crippen LogP contribution >= 0.6 is 0 Å². The van der Waals surface area contributed by atoms with E-state index in [1.54, 1.807) is 14.0 Å². The molecule has 1 heterocycles. The molecular weight excluding hydrogens is 248 g/mol. The van der Waals surface area contributed by atoms with Crippen LogP contribution in [0.1, 0.15) is 30.9 Å². The second kappa shape index (κ2) is 5.38. The summed E-state index contributed by atoms with van der Waals surface area (Å²) in [6.45, 7) is 2.09. The van der Waals surface area contributed by atoms with Crippen LogP contribution in [0.3, 0.4) is 0 Å². The van der Waals surface area contributed by atoms with Crippen LogP contribution in [0.5, 0.6) is 0 Å². The number of aromatic amines is 1. The lowest BCUT2D eigenvalue weighted by Crippen LogP contribution is -2.36. The minimum Gasteiger partial charge on any atom is -0.481 e. The largest absolute Gasteiger partial charge is 0.481 e. The molecule has 0 saturated heterocycles. The number of rotatable bonds is 4. The number of H-pyrrole nitrogens is 1. The van der Waals surface area contributed by atoms with Gasteiger partial charge < -0.3 is 10.0 Å². The molecule has 1 aliphatic carbocycles. The van der Waals surface area contributed by atoms with Crippen LogP contribution < -0.4 is 0 Å². The zero-order valence-corrected chi connectivity index (χ0v) is 11.1. The first-order chi connectivity index (χ1) is 8.99. The molecule has 2 N–H and O–H groups in total. The van der Waals surface area contributed by atoms with Gasteiger partial charge in [0.2, 0.25) is 5.91 Å². The molecule has 1 aliphatic rings. The first-order valence-corrected chi connectivity index (χ1v) is 6.34. The summed E-state index contributed by atoms with van der Waals surface area (Å²) < 4.78 is 0. The lowest BCUT2D eigenvalue weighted by Gasteiger charge is -2.22. The second-order valence-electron chi connectivity index (χ2n) is 5.01. The smallest absolute Gasteiger partial charge is 0.307 e. The Balaban J connectivity index is 2.00. The molecule has 1 amide bonds. The van der Waals surface area contributed by atoms with Gasteiger partial charge in [0.05, 0.1) is 18.4 Å². The van der Waals surface area contributed by atoms with Gasteiger partial charge in [0.15, 0.2) is 5.82 Å². The topological polar surface area (TPSA) is 99.2 Å². The van der Waals surface area contributed by atoms with Gasteiger partial charge in [-0.05, 0) is 19.8 Å². The summed E-state index contributed by atoms with van der Waals surface area (Å²) in [5.74, 6) is -0.741. The molecule has 2 unspecified atom stereocenters. The normalized spacial score (nSPS) is 22.4. The first kappa shape index (κ1) is 13.5. The van der Waals surface area contributed by atoms with Crippen molar-refractivity contribution in [3.63, 3.8) is 0 Å². The fourth-order valence-corrected chi connectivity index (χ4v) is 2.58. The van der Waals surface area contributed by atoms with Crippen LogP contribution in [0.4, 0.5) is 0 Å². The lowest BCUT2D eigenvalue weighted by molar-refractivity contribution is -0.148. The van der Waals surface area contributed by atoms with E-state index in [1.807, 2.05) is 0 Å². The van der Waals surface area contributed by atoms with E-state index < -0.39 is 17.8 Å². The average Bonchev–Trinajstić information content (AvgIpc) is 2.97. The number of carbonyl (C=O) groups excluding carboxylic acids is 1. The quantitative estimate of drug-likeness (QED) is 0.830. The summed E-state index contributed by atoms with van der Waals surface area (Å²) in [6.07, 6.45) is 2.02.